The lowest BCUT2D eigenvalue weighted by molar-refractivity contribution is 0.448. The molecule has 0 atom stereocenters. The van der Waals surface area contributed by atoms with Gasteiger partial charge in [-0.3, -0.25) is 8.94 Å². The van der Waals surface area contributed by atoms with Crippen LogP contribution in [0.2, 0.25) is 0 Å². The number of hydrogen-bond acceptors (Lipinski definition) is 2. The predicted octanol–water partition coefficient (Wildman–Crippen LogP) is 8.04. The summed E-state index contributed by atoms with van der Waals surface area (Å²) in [5.41, 5.74) is 0. The Labute approximate surface area is 175 Å². The summed E-state index contributed by atoms with van der Waals surface area (Å²) in [5.74, 6) is -0.0877. The summed E-state index contributed by atoms with van der Waals surface area (Å²) in [6.07, 6.45) is 25.6. The normalized spacial score (nSPS) is 11.9. The molecule has 0 rings (SSSR count). The van der Waals surface area contributed by atoms with Gasteiger partial charge in [-0.2, -0.15) is 8.42 Å². The van der Waals surface area contributed by atoms with Crippen LogP contribution in [-0.2, 0) is 10.1 Å². The van der Waals surface area contributed by atoms with Crippen molar-refractivity contribution < 1.29 is 17.4 Å². The molecule has 28 heavy (non-hydrogen) atoms. The zero-order valence-corrected chi connectivity index (χ0v) is 19.1. The van der Waals surface area contributed by atoms with Crippen molar-refractivity contribution >= 4 is 10.1 Å². The Bertz CT molecular complexity index is 399. The SMILES string of the molecule is O=S(=O)(O)CCCCCCCCCCCCCCCCCCCCCCCF. The molecule has 0 radical (unpaired) electrons. The van der Waals surface area contributed by atoms with Gasteiger partial charge in [0.05, 0.1) is 12.4 Å². The second-order valence-corrected chi connectivity index (χ2v) is 9.97. The van der Waals surface area contributed by atoms with Crippen LogP contribution in [0.5, 0.6) is 0 Å². The fourth-order valence-electron chi connectivity index (χ4n) is 3.74. The standard InChI is InChI=1S/C23H47FO3S/c24-22-20-18-16-14-12-10-8-6-4-2-1-3-5-7-9-11-13-15-17-19-21-23-28(25,26)27/h1-23H2,(H,25,26,27). The highest BCUT2D eigenvalue weighted by Crippen LogP contribution is 2.15. The second-order valence-electron chi connectivity index (χ2n) is 8.40. The molecule has 0 spiro atoms. The van der Waals surface area contributed by atoms with Crippen LogP contribution in [0.3, 0.4) is 0 Å². The number of hydrogen-bond donors (Lipinski definition) is 1. The van der Waals surface area contributed by atoms with E-state index in [1.54, 1.807) is 0 Å². The Balaban J connectivity index is 3.03. The quantitative estimate of drug-likeness (QED) is 0.134. The van der Waals surface area contributed by atoms with E-state index in [4.69, 9.17) is 4.55 Å². The molecule has 0 bridgehead atoms. The molecule has 0 aliphatic heterocycles. The molecule has 1 N–H and O–H groups in total. The van der Waals surface area contributed by atoms with E-state index in [9.17, 15) is 12.8 Å². The summed E-state index contributed by atoms with van der Waals surface area (Å²) in [4.78, 5) is 0. The predicted molar refractivity (Wildman–Crippen MR) is 119 cm³/mol. The molecule has 5 heteroatoms. The number of alkyl halides is 1. The molecule has 0 fully saturated rings. The van der Waals surface area contributed by atoms with E-state index in [-0.39, 0.29) is 12.4 Å². The van der Waals surface area contributed by atoms with Crippen molar-refractivity contribution in [2.45, 2.75) is 135 Å². The van der Waals surface area contributed by atoms with Gasteiger partial charge in [-0.05, 0) is 12.8 Å². The highest BCUT2D eigenvalue weighted by Gasteiger charge is 2.02. The molecule has 0 aromatic rings. The lowest BCUT2D eigenvalue weighted by Gasteiger charge is -2.04. The first-order chi connectivity index (χ1) is 13.6. The molecule has 0 aliphatic carbocycles. The van der Waals surface area contributed by atoms with Crippen molar-refractivity contribution in [3.63, 3.8) is 0 Å². The van der Waals surface area contributed by atoms with Crippen LogP contribution in [0.15, 0.2) is 0 Å². The van der Waals surface area contributed by atoms with Crippen LogP contribution in [-0.4, -0.2) is 25.4 Å². The summed E-state index contributed by atoms with van der Waals surface area (Å²) >= 11 is 0. The van der Waals surface area contributed by atoms with E-state index in [0.29, 0.717) is 6.42 Å². The molecule has 0 saturated heterocycles. The van der Waals surface area contributed by atoms with Crippen LogP contribution >= 0.6 is 0 Å². The van der Waals surface area contributed by atoms with Gasteiger partial charge in [0.2, 0.25) is 0 Å². The molecule has 0 aromatic carbocycles. The van der Waals surface area contributed by atoms with Gasteiger partial charge < -0.3 is 0 Å². The molecule has 3 nitrogen and oxygen atoms in total. The van der Waals surface area contributed by atoms with Crippen LogP contribution in [0.4, 0.5) is 4.39 Å². The Morgan fingerprint density at radius 2 is 0.643 bits per heavy atom. The minimum Gasteiger partial charge on any atom is -0.286 e. The summed E-state index contributed by atoms with van der Waals surface area (Å²) in [6.45, 7) is -0.149. The maximum Gasteiger partial charge on any atom is 0.264 e. The van der Waals surface area contributed by atoms with Gasteiger partial charge in [0.1, 0.15) is 0 Å². The average molecular weight is 423 g/mol. The molecule has 170 valence electrons. The van der Waals surface area contributed by atoms with E-state index in [0.717, 1.165) is 25.7 Å². The fraction of sp³-hybridized carbons (Fsp3) is 1.00. The Morgan fingerprint density at radius 1 is 0.429 bits per heavy atom. The molecule has 0 amide bonds. The zero-order valence-electron chi connectivity index (χ0n) is 18.3. The number of halogens is 1. The highest BCUT2D eigenvalue weighted by molar-refractivity contribution is 7.85. The summed E-state index contributed by atoms with van der Waals surface area (Å²) in [7, 11) is -3.76. The smallest absolute Gasteiger partial charge is 0.264 e. The van der Waals surface area contributed by atoms with Gasteiger partial charge in [-0.25, -0.2) is 0 Å². The summed E-state index contributed by atoms with van der Waals surface area (Å²) in [6, 6.07) is 0. The largest absolute Gasteiger partial charge is 0.286 e. The first-order valence-corrected chi connectivity index (χ1v) is 13.7. The highest BCUT2D eigenvalue weighted by atomic mass is 32.2. The average Bonchev–Trinajstić information content (AvgIpc) is 2.65. The van der Waals surface area contributed by atoms with Crippen LogP contribution < -0.4 is 0 Å². The van der Waals surface area contributed by atoms with Crippen molar-refractivity contribution in [3.8, 4) is 0 Å². The van der Waals surface area contributed by atoms with Crippen molar-refractivity contribution in [2.75, 3.05) is 12.4 Å². The van der Waals surface area contributed by atoms with E-state index in [1.165, 1.54) is 103 Å². The van der Waals surface area contributed by atoms with Gasteiger partial charge in [0.25, 0.3) is 10.1 Å². The fourth-order valence-corrected chi connectivity index (χ4v) is 4.31. The number of rotatable bonds is 23. The van der Waals surface area contributed by atoms with E-state index >= 15 is 0 Å². The Morgan fingerprint density at radius 3 is 0.857 bits per heavy atom. The van der Waals surface area contributed by atoms with Crippen LogP contribution in [0.1, 0.15) is 135 Å². The first kappa shape index (κ1) is 27.8. The molecule has 0 aromatic heterocycles. The minimum absolute atomic E-state index is 0.0877. The van der Waals surface area contributed by atoms with Gasteiger partial charge in [0.15, 0.2) is 0 Å². The lowest BCUT2D eigenvalue weighted by atomic mass is 10.0. The third-order valence-corrected chi connectivity index (χ3v) is 6.34. The van der Waals surface area contributed by atoms with Gasteiger partial charge in [-0.15, -0.1) is 0 Å². The summed E-state index contributed by atoms with van der Waals surface area (Å²) < 4.78 is 41.8. The summed E-state index contributed by atoms with van der Waals surface area (Å²) in [5, 5.41) is 0. The molecular weight excluding hydrogens is 375 g/mol. The second kappa shape index (κ2) is 21.5. The van der Waals surface area contributed by atoms with Crippen molar-refractivity contribution in [1.29, 1.82) is 0 Å². The first-order valence-electron chi connectivity index (χ1n) is 12.1. The van der Waals surface area contributed by atoms with E-state index in [2.05, 4.69) is 0 Å². The van der Waals surface area contributed by atoms with Crippen molar-refractivity contribution in [3.05, 3.63) is 0 Å². The van der Waals surface area contributed by atoms with E-state index < -0.39 is 10.1 Å². The lowest BCUT2D eigenvalue weighted by Crippen LogP contribution is -2.03. The molecular formula is C23H47FO3S. The molecule has 0 aliphatic rings. The van der Waals surface area contributed by atoms with E-state index in [1.807, 2.05) is 0 Å². The van der Waals surface area contributed by atoms with Crippen LogP contribution in [0, 0.1) is 0 Å². The maximum atomic E-state index is 11.9. The van der Waals surface area contributed by atoms with Gasteiger partial charge >= 0.3 is 0 Å². The van der Waals surface area contributed by atoms with Gasteiger partial charge in [0, 0.05) is 0 Å². The zero-order chi connectivity index (χ0) is 20.8. The third-order valence-electron chi connectivity index (χ3n) is 5.54. The third kappa shape index (κ3) is 25.8. The molecule has 0 heterocycles. The maximum absolute atomic E-state index is 11.9. The van der Waals surface area contributed by atoms with Crippen molar-refractivity contribution in [2.24, 2.45) is 0 Å². The Kier molecular flexibility index (Phi) is 21.4. The molecule has 0 saturated carbocycles. The number of unbranched alkanes of at least 4 members (excludes halogenated alkanes) is 20. The monoisotopic (exact) mass is 422 g/mol. The van der Waals surface area contributed by atoms with Crippen LogP contribution in [0.25, 0.3) is 0 Å². The van der Waals surface area contributed by atoms with Crippen molar-refractivity contribution in [1.82, 2.24) is 0 Å². The topological polar surface area (TPSA) is 54.4 Å². The van der Waals surface area contributed by atoms with Gasteiger partial charge in [-0.1, -0.05) is 122 Å². The minimum atomic E-state index is -3.76. The molecule has 0 unspecified atom stereocenters. The Hall–Kier alpha value is -0.160.